The van der Waals surface area contributed by atoms with Crippen molar-refractivity contribution in [3.8, 4) is 0 Å². The van der Waals surface area contributed by atoms with E-state index in [9.17, 15) is 0 Å². The zero-order chi connectivity index (χ0) is 13.6. The Balaban J connectivity index is 1.81. The highest BCUT2D eigenvalue weighted by atomic mass is 14.9. The van der Waals surface area contributed by atoms with Crippen molar-refractivity contribution < 1.29 is 0 Å². The van der Waals surface area contributed by atoms with Crippen LogP contribution in [0.3, 0.4) is 0 Å². The Morgan fingerprint density at radius 3 is 2.11 bits per heavy atom. The van der Waals surface area contributed by atoms with Gasteiger partial charge in [0.25, 0.3) is 0 Å². The zero-order valence-corrected chi connectivity index (χ0v) is 13.2. The molecule has 0 unspecified atom stereocenters. The average Bonchev–Trinajstić information content (AvgIpc) is 2.90. The number of hydrogen-bond donors (Lipinski definition) is 2. The Hall–Kier alpha value is -0.0800. The van der Waals surface area contributed by atoms with Gasteiger partial charge in [-0.1, -0.05) is 33.1 Å². The number of rotatable bonds is 7. The topological polar surface area (TPSA) is 24.1 Å². The van der Waals surface area contributed by atoms with E-state index in [0.717, 1.165) is 0 Å². The molecule has 1 saturated carbocycles. The van der Waals surface area contributed by atoms with Crippen LogP contribution in [0.15, 0.2) is 0 Å². The first-order valence-electron chi connectivity index (χ1n) is 8.66. The summed E-state index contributed by atoms with van der Waals surface area (Å²) in [4.78, 5) is 0. The van der Waals surface area contributed by atoms with Crippen molar-refractivity contribution in [3.05, 3.63) is 0 Å². The van der Waals surface area contributed by atoms with Crippen molar-refractivity contribution in [3.63, 3.8) is 0 Å². The van der Waals surface area contributed by atoms with E-state index in [1.165, 1.54) is 84.0 Å². The Labute approximate surface area is 120 Å². The van der Waals surface area contributed by atoms with Crippen LogP contribution in [0.2, 0.25) is 0 Å². The molecular formula is C17H34N2. The summed E-state index contributed by atoms with van der Waals surface area (Å²) in [5, 5.41) is 7.41. The molecule has 0 radical (unpaired) electrons. The van der Waals surface area contributed by atoms with Gasteiger partial charge in [-0.05, 0) is 62.4 Å². The van der Waals surface area contributed by atoms with E-state index in [-0.39, 0.29) is 0 Å². The summed E-state index contributed by atoms with van der Waals surface area (Å²) >= 11 is 0. The van der Waals surface area contributed by atoms with E-state index in [2.05, 4.69) is 24.5 Å². The van der Waals surface area contributed by atoms with E-state index >= 15 is 0 Å². The number of hydrogen-bond acceptors (Lipinski definition) is 2. The normalized spacial score (nSPS) is 25.6. The molecule has 0 atom stereocenters. The molecule has 0 spiro atoms. The Morgan fingerprint density at radius 2 is 1.53 bits per heavy atom. The fourth-order valence-electron chi connectivity index (χ4n) is 4.38. The third kappa shape index (κ3) is 3.95. The monoisotopic (exact) mass is 266 g/mol. The first-order valence-corrected chi connectivity index (χ1v) is 8.66. The van der Waals surface area contributed by atoms with Gasteiger partial charge in [-0.2, -0.15) is 0 Å². The predicted molar refractivity (Wildman–Crippen MR) is 83.5 cm³/mol. The van der Waals surface area contributed by atoms with Crippen LogP contribution in [-0.4, -0.2) is 26.2 Å². The highest BCUT2D eigenvalue weighted by Gasteiger charge is 2.34. The third-order valence-corrected chi connectivity index (χ3v) is 5.86. The van der Waals surface area contributed by atoms with Gasteiger partial charge >= 0.3 is 0 Å². The second-order valence-electron chi connectivity index (χ2n) is 7.16. The maximum atomic E-state index is 3.89. The van der Waals surface area contributed by atoms with Crippen molar-refractivity contribution in [2.24, 2.45) is 10.8 Å². The van der Waals surface area contributed by atoms with Crippen LogP contribution < -0.4 is 10.6 Å². The maximum absolute atomic E-state index is 3.89. The van der Waals surface area contributed by atoms with Crippen molar-refractivity contribution in [1.29, 1.82) is 0 Å². The quantitative estimate of drug-likeness (QED) is 0.734. The lowest BCUT2D eigenvalue weighted by atomic mass is 9.75. The molecule has 1 aliphatic carbocycles. The van der Waals surface area contributed by atoms with Crippen molar-refractivity contribution in [1.82, 2.24) is 10.6 Å². The summed E-state index contributed by atoms with van der Waals surface area (Å²) in [6, 6.07) is 0. The molecule has 2 nitrogen and oxygen atoms in total. The Bertz CT molecular complexity index is 244. The SMILES string of the molecule is CCCC1(CNCC2(CC)CCCC2)CCNCC1. The first-order chi connectivity index (χ1) is 9.24. The number of nitrogens with one attached hydrogen (secondary N) is 2. The zero-order valence-electron chi connectivity index (χ0n) is 13.2. The molecule has 0 bridgehead atoms. The summed E-state index contributed by atoms with van der Waals surface area (Å²) in [5.74, 6) is 0. The minimum absolute atomic E-state index is 0.591. The molecule has 0 amide bonds. The van der Waals surface area contributed by atoms with Gasteiger partial charge in [0.05, 0.1) is 0 Å². The molecule has 19 heavy (non-hydrogen) atoms. The third-order valence-electron chi connectivity index (χ3n) is 5.86. The molecule has 1 heterocycles. The van der Waals surface area contributed by atoms with Gasteiger partial charge in [0, 0.05) is 13.1 Å². The lowest BCUT2D eigenvalue weighted by Crippen LogP contribution is -2.45. The van der Waals surface area contributed by atoms with E-state index < -0.39 is 0 Å². The lowest BCUT2D eigenvalue weighted by Gasteiger charge is -2.39. The molecule has 2 N–H and O–H groups in total. The highest BCUT2D eigenvalue weighted by Crippen LogP contribution is 2.41. The fraction of sp³-hybridized carbons (Fsp3) is 1.00. The predicted octanol–water partition coefficient (Wildman–Crippen LogP) is 3.72. The minimum Gasteiger partial charge on any atom is -0.317 e. The van der Waals surface area contributed by atoms with Gasteiger partial charge in [0.1, 0.15) is 0 Å². The highest BCUT2D eigenvalue weighted by molar-refractivity contribution is 4.89. The van der Waals surface area contributed by atoms with Crippen molar-refractivity contribution in [2.45, 2.75) is 71.6 Å². The smallest absolute Gasteiger partial charge is 0.000899 e. The van der Waals surface area contributed by atoms with E-state index in [1.807, 2.05) is 0 Å². The molecule has 112 valence electrons. The van der Waals surface area contributed by atoms with Crippen molar-refractivity contribution in [2.75, 3.05) is 26.2 Å². The van der Waals surface area contributed by atoms with Crippen LogP contribution in [0.5, 0.6) is 0 Å². The van der Waals surface area contributed by atoms with Gasteiger partial charge in [-0.3, -0.25) is 0 Å². The van der Waals surface area contributed by atoms with Crippen molar-refractivity contribution >= 4 is 0 Å². The molecule has 0 aromatic rings. The largest absolute Gasteiger partial charge is 0.317 e. The van der Waals surface area contributed by atoms with Crippen LogP contribution in [0.4, 0.5) is 0 Å². The molecule has 1 aliphatic heterocycles. The lowest BCUT2D eigenvalue weighted by molar-refractivity contribution is 0.162. The second kappa shape index (κ2) is 7.08. The van der Waals surface area contributed by atoms with Crippen LogP contribution in [0, 0.1) is 10.8 Å². The minimum atomic E-state index is 0.591. The van der Waals surface area contributed by atoms with E-state index in [4.69, 9.17) is 0 Å². The van der Waals surface area contributed by atoms with E-state index in [1.54, 1.807) is 0 Å². The summed E-state index contributed by atoms with van der Waals surface area (Å²) in [6.45, 7) is 9.70. The summed E-state index contributed by atoms with van der Waals surface area (Å²) in [6.07, 6.45) is 12.7. The number of piperidine rings is 1. The standard InChI is InChI=1S/C17H34N2/c1-3-7-17(10-12-18-13-11-17)15-19-14-16(4-2)8-5-6-9-16/h18-19H,3-15H2,1-2H3. The van der Waals surface area contributed by atoms with Crippen LogP contribution in [-0.2, 0) is 0 Å². The first kappa shape index (κ1) is 15.3. The van der Waals surface area contributed by atoms with E-state index in [0.29, 0.717) is 10.8 Å². The molecule has 0 aromatic carbocycles. The van der Waals surface area contributed by atoms with Gasteiger partial charge < -0.3 is 10.6 Å². The van der Waals surface area contributed by atoms with Gasteiger partial charge in [-0.25, -0.2) is 0 Å². The molecular weight excluding hydrogens is 232 g/mol. The van der Waals surface area contributed by atoms with Gasteiger partial charge in [0.2, 0.25) is 0 Å². The summed E-state index contributed by atoms with van der Waals surface area (Å²) < 4.78 is 0. The average molecular weight is 266 g/mol. The Kier molecular flexibility index (Phi) is 5.70. The fourth-order valence-corrected chi connectivity index (χ4v) is 4.38. The molecule has 0 aromatic heterocycles. The maximum Gasteiger partial charge on any atom is 0.000899 e. The summed E-state index contributed by atoms with van der Waals surface area (Å²) in [5.41, 5.74) is 1.23. The van der Waals surface area contributed by atoms with Crippen LogP contribution >= 0.6 is 0 Å². The van der Waals surface area contributed by atoms with Gasteiger partial charge in [0.15, 0.2) is 0 Å². The molecule has 2 heteroatoms. The van der Waals surface area contributed by atoms with Crippen LogP contribution in [0.1, 0.15) is 71.6 Å². The van der Waals surface area contributed by atoms with Gasteiger partial charge in [-0.15, -0.1) is 0 Å². The summed E-state index contributed by atoms with van der Waals surface area (Å²) in [7, 11) is 0. The Morgan fingerprint density at radius 1 is 0.895 bits per heavy atom. The molecule has 1 saturated heterocycles. The molecule has 2 aliphatic rings. The molecule has 2 fully saturated rings. The van der Waals surface area contributed by atoms with Crippen LogP contribution in [0.25, 0.3) is 0 Å². The second-order valence-corrected chi connectivity index (χ2v) is 7.16. The molecule has 2 rings (SSSR count).